The largest absolute Gasteiger partial charge is 0.345 e. The molecule has 0 spiro atoms. The summed E-state index contributed by atoms with van der Waals surface area (Å²) in [6.45, 7) is 7.06. The number of carbonyl (C=O) groups excluding carboxylic acids is 2. The maximum atomic E-state index is 13.2. The molecule has 35 heavy (non-hydrogen) atoms. The number of anilines is 2. The van der Waals surface area contributed by atoms with Crippen molar-refractivity contribution in [2.24, 2.45) is 0 Å². The minimum absolute atomic E-state index is 0.239. The van der Waals surface area contributed by atoms with Crippen LogP contribution in [0.2, 0.25) is 0 Å². The van der Waals surface area contributed by atoms with Crippen LogP contribution in [0.1, 0.15) is 46.9 Å². The Bertz CT molecular complexity index is 1320. The number of carbonyl (C=O) groups is 2. The lowest BCUT2D eigenvalue weighted by Gasteiger charge is -2.30. The SMILES string of the molecule is Cc1ccc(C)c(N([C@H](C)C(=O)Nc2ccccc2C(=O)N[C@H](C)c2ccccc2)S(C)(=O)=O)c1. The fourth-order valence-electron chi connectivity index (χ4n) is 3.86. The second-order valence-electron chi connectivity index (χ2n) is 8.67. The van der Waals surface area contributed by atoms with E-state index in [-0.39, 0.29) is 17.5 Å². The van der Waals surface area contributed by atoms with Crippen molar-refractivity contribution in [1.29, 1.82) is 0 Å². The van der Waals surface area contributed by atoms with Gasteiger partial charge in [-0.25, -0.2) is 8.42 Å². The van der Waals surface area contributed by atoms with E-state index in [0.29, 0.717) is 11.4 Å². The van der Waals surface area contributed by atoms with E-state index in [1.165, 1.54) is 6.92 Å². The van der Waals surface area contributed by atoms with Crippen molar-refractivity contribution in [3.05, 3.63) is 95.1 Å². The van der Waals surface area contributed by atoms with Crippen molar-refractivity contribution in [3.8, 4) is 0 Å². The number of sulfonamides is 1. The third-order valence-corrected chi connectivity index (χ3v) is 6.99. The van der Waals surface area contributed by atoms with Crippen LogP contribution in [0.5, 0.6) is 0 Å². The molecule has 0 aromatic heterocycles. The number of hydrogen-bond donors (Lipinski definition) is 2. The topological polar surface area (TPSA) is 95.6 Å². The monoisotopic (exact) mass is 493 g/mol. The molecule has 0 aliphatic rings. The van der Waals surface area contributed by atoms with Gasteiger partial charge < -0.3 is 10.6 Å². The molecule has 3 rings (SSSR count). The zero-order valence-electron chi connectivity index (χ0n) is 20.6. The summed E-state index contributed by atoms with van der Waals surface area (Å²) < 4.78 is 26.5. The molecular weight excluding hydrogens is 462 g/mol. The van der Waals surface area contributed by atoms with Crippen LogP contribution in [-0.4, -0.2) is 32.5 Å². The minimum Gasteiger partial charge on any atom is -0.345 e. The summed E-state index contributed by atoms with van der Waals surface area (Å²) in [6, 6.07) is 20.4. The molecule has 0 saturated carbocycles. The fraction of sp³-hybridized carbons (Fsp3) is 0.259. The van der Waals surface area contributed by atoms with Crippen LogP contribution >= 0.6 is 0 Å². The summed E-state index contributed by atoms with van der Waals surface area (Å²) in [5.74, 6) is -0.896. The van der Waals surface area contributed by atoms with Crippen LogP contribution in [0.4, 0.5) is 11.4 Å². The number of amides is 2. The molecule has 3 aromatic carbocycles. The Morgan fingerprint density at radius 1 is 0.886 bits per heavy atom. The molecule has 184 valence electrons. The van der Waals surface area contributed by atoms with Gasteiger partial charge in [0.25, 0.3) is 5.91 Å². The molecule has 0 heterocycles. The van der Waals surface area contributed by atoms with Crippen LogP contribution in [0.15, 0.2) is 72.8 Å². The third-order valence-electron chi connectivity index (χ3n) is 5.77. The number of nitrogens with zero attached hydrogens (tertiary/aromatic N) is 1. The van der Waals surface area contributed by atoms with Crippen molar-refractivity contribution in [3.63, 3.8) is 0 Å². The molecule has 0 aliphatic heterocycles. The zero-order chi connectivity index (χ0) is 25.8. The van der Waals surface area contributed by atoms with Crippen LogP contribution in [-0.2, 0) is 14.8 Å². The number of hydrogen-bond acceptors (Lipinski definition) is 4. The lowest BCUT2D eigenvalue weighted by molar-refractivity contribution is -0.116. The van der Waals surface area contributed by atoms with Gasteiger partial charge in [-0.05, 0) is 62.6 Å². The molecule has 2 atom stereocenters. The summed E-state index contributed by atoms with van der Waals surface area (Å²) >= 11 is 0. The van der Waals surface area contributed by atoms with E-state index in [2.05, 4.69) is 10.6 Å². The molecule has 2 N–H and O–H groups in total. The molecule has 0 aliphatic carbocycles. The number of nitrogens with one attached hydrogen (secondary N) is 2. The van der Waals surface area contributed by atoms with Gasteiger partial charge in [-0.1, -0.05) is 54.6 Å². The first-order valence-corrected chi connectivity index (χ1v) is 13.2. The van der Waals surface area contributed by atoms with Crippen LogP contribution in [0.3, 0.4) is 0 Å². The zero-order valence-corrected chi connectivity index (χ0v) is 21.4. The lowest BCUT2D eigenvalue weighted by atomic mass is 10.1. The smallest absolute Gasteiger partial charge is 0.253 e. The van der Waals surface area contributed by atoms with Gasteiger partial charge in [0.2, 0.25) is 15.9 Å². The lowest BCUT2D eigenvalue weighted by Crippen LogP contribution is -2.46. The summed E-state index contributed by atoms with van der Waals surface area (Å²) in [5, 5.41) is 5.70. The van der Waals surface area contributed by atoms with Gasteiger partial charge in [-0.3, -0.25) is 13.9 Å². The van der Waals surface area contributed by atoms with Crippen molar-refractivity contribution in [1.82, 2.24) is 5.32 Å². The third kappa shape index (κ3) is 6.27. The highest BCUT2D eigenvalue weighted by molar-refractivity contribution is 7.92. The molecule has 0 bridgehead atoms. The average Bonchev–Trinajstić information content (AvgIpc) is 2.81. The first-order valence-electron chi connectivity index (χ1n) is 11.3. The fourth-order valence-corrected chi connectivity index (χ4v) is 5.09. The molecule has 8 heteroatoms. The number of benzene rings is 3. The highest BCUT2D eigenvalue weighted by atomic mass is 32.2. The summed E-state index contributed by atoms with van der Waals surface area (Å²) in [4.78, 5) is 26.3. The molecule has 0 radical (unpaired) electrons. The highest BCUT2D eigenvalue weighted by Gasteiger charge is 2.31. The second-order valence-corrected chi connectivity index (χ2v) is 10.5. The van der Waals surface area contributed by atoms with E-state index in [4.69, 9.17) is 0 Å². The van der Waals surface area contributed by atoms with Gasteiger partial charge in [-0.2, -0.15) is 0 Å². The van der Waals surface area contributed by atoms with Gasteiger partial charge in [-0.15, -0.1) is 0 Å². The van der Waals surface area contributed by atoms with Gasteiger partial charge in [0.15, 0.2) is 0 Å². The number of aryl methyl sites for hydroxylation is 2. The number of rotatable bonds is 8. The van der Waals surface area contributed by atoms with Gasteiger partial charge >= 0.3 is 0 Å². The van der Waals surface area contributed by atoms with Crippen LogP contribution in [0.25, 0.3) is 0 Å². The van der Waals surface area contributed by atoms with Crippen LogP contribution in [0, 0.1) is 13.8 Å². The quantitative estimate of drug-likeness (QED) is 0.480. The predicted molar refractivity (Wildman–Crippen MR) is 140 cm³/mol. The Morgan fingerprint density at radius 3 is 2.17 bits per heavy atom. The Hall–Kier alpha value is -3.65. The standard InChI is InChI=1S/C27H31N3O4S/c1-18-15-16-19(2)25(17-18)30(35(5,33)34)21(4)26(31)29-24-14-10-9-13-23(24)27(32)28-20(3)22-11-7-6-8-12-22/h6-17,20-21H,1-5H3,(H,28,32)(H,29,31)/t20-,21-/m1/s1. The molecule has 3 aromatic rings. The van der Waals surface area contributed by atoms with E-state index in [0.717, 1.165) is 27.3 Å². The maximum Gasteiger partial charge on any atom is 0.253 e. The van der Waals surface area contributed by atoms with E-state index >= 15 is 0 Å². The van der Waals surface area contributed by atoms with Gasteiger partial charge in [0.05, 0.1) is 29.2 Å². The van der Waals surface area contributed by atoms with Gasteiger partial charge in [0.1, 0.15) is 6.04 Å². The van der Waals surface area contributed by atoms with Crippen LogP contribution < -0.4 is 14.9 Å². The molecule has 0 fully saturated rings. The highest BCUT2D eigenvalue weighted by Crippen LogP contribution is 2.27. The normalized spacial score (nSPS) is 12.9. The molecular formula is C27H31N3O4S. The number of para-hydroxylation sites is 1. The Morgan fingerprint density at radius 2 is 1.51 bits per heavy atom. The van der Waals surface area contributed by atoms with E-state index in [1.807, 2.05) is 56.3 Å². The first-order chi connectivity index (χ1) is 16.5. The molecule has 0 unspecified atom stereocenters. The average molecular weight is 494 g/mol. The Labute approximate surface area is 207 Å². The summed E-state index contributed by atoms with van der Waals surface area (Å²) in [5.41, 5.74) is 3.59. The summed E-state index contributed by atoms with van der Waals surface area (Å²) in [6.07, 6.45) is 1.07. The van der Waals surface area contributed by atoms with E-state index in [9.17, 15) is 18.0 Å². The molecule has 7 nitrogen and oxygen atoms in total. The first kappa shape index (κ1) is 26.0. The van der Waals surface area contributed by atoms with Crippen molar-refractivity contribution in [2.45, 2.75) is 39.8 Å². The van der Waals surface area contributed by atoms with E-state index in [1.54, 1.807) is 37.3 Å². The molecule has 2 amide bonds. The molecule has 0 saturated heterocycles. The van der Waals surface area contributed by atoms with Gasteiger partial charge in [0, 0.05) is 0 Å². The van der Waals surface area contributed by atoms with E-state index < -0.39 is 22.0 Å². The predicted octanol–water partition coefficient (Wildman–Crippen LogP) is 4.59. The van der Waals surface area contributed by atoms with Crippen molar-refractivity contribution < 1.29 is 18.0 Å². The Balaban J connectivity index is 1.85. The van der Waals surface area contributed by atoms with Crippen molar-refractivity contribution >= 4 is 33.2 Å². The summed E-state index contributed by atoms with van der Waals surface area (Å²) in [7, 11) is -3.77. The minimum atomic E-state index is -3.77. The van der Waals surface area contributed by atoms with Crippen molar-refractivity contribution in [2.75, 3.05) is 15.9 Å². The second kappa shape index (κ2) is 10.7. The maximum absolute atomic E-state index is 13.2. The Kier molecular flexibility index (Phi) is 7.96.